The number of alkyl halides is 3. The van der Waals surface area contributed by atoms with Crippen LogP contribution in [0, 0.1) is 5.92 Å². The predicted octanol–water partition coefficient (Wildman–Crippen LogP) is 1.96. The Labute approximate surface area is 92.6 Å². The summed E-state index contributed by atoms with van der Waals surface area (Å²) in [7, 11) is 0. The van der Waals surface area contributed by atoms with Crippen LogP contribution in [0.25, 0.3) is 0 Å². The van der Waals surface area contributed by atoms with Gasteiger partial charge in [0.2, 0.25) is 0 Å². The number of rotatable bonds is 1. The van der Waals surface area contributed by atoms with Crippen LogP contribution in [0.3, 0.4) is 0 Å². The van der Waals surface area contributed by atoms with Gasteiger partial charge in [-0.25, -0.2) is 0 Å². The van der Waals surface area contributed by atoms with Gasteiger partial charge in [-0.2, -0.15) is 13.2 Å². The van der Waals surface area contributed by atoms with Gasteiger partial charge in [-0.05, 0) is 37.9 Å². The number of halogens is 3. The Bertz CT molecular complexity index is 301. The Morgan fingerprint density at radius 1 is 1.19 bits per heavy atom. The predicted molar refractivity (Wildman–Crippen MR) is 55.8 cm³/mol. The van der Waals surface area contributed by atoms with Crippen LogP contribution in [-0.4, -0.2) is 25.3 Å². The highest BCUT2D eigenvalue weighted by Gasteiger charge is 2.36. The molecule has 0 aliphatic carbocycles. The molecule has 1 unspecified atom stereocenters. The van der Waals surface area contributed by atoms with Crippen LogP contribution in [0.1, 0.15) is 12.8 Å². The van der Waals surface area contributed by atoms with E-state index in [9.17, 15) is 13.2 Å². The van der Waals surface area contributed by atoms with E-state index in [0.717, 1.165) is 32.0 Å². The molecule has 2 nitrogen and oxygen atoms in total. The molecule has 2 aliphatic heterocycles. The van der Waals surface area contributed by atoms with Crippen molar-refractivity contribution < 1.29 is 13.2 Å². The number of allylic oxidation sites excluding steroid dienone is 3. The molecule has 5 heteroatoms. The van der Waals surface area contributed by atoms with Gasteiger partial charge < -0.3 is 10.6 Å². The van der Waals surface area contributed by atoms with Crippen LogP contribution in [0.4, 0.5) is 13.2 Å². The Hall–Kier alpha value is -0.970. The highest BCUT2D eigenvalue weighted by Crippen LogP contribution is 2.28. The zero-order valence-corrected chi connectivity index (χ0v) is 8.85. The van der Waals surface area contributed by atoms with E-state index in [2.05, 4.69) is 10.6 Å². The summed E-state index contributed by atoms with van der Waals surface area (Å²) >= 11 is 0. The lowest BCUT2D eigenvalue weighted by Crippen LogP contribution is -2.43. The van der Waals surface area contributed by atoms with Crippen molar-refractivity contribution in [1.29, 1.82) is 0 Å². The highest BCUT2D eigenvalue weighted by molar-refractivity contribution is 5.23. The molecule has 16 heavy (non-hydrogen) atoms. The summed E-state index contributed by atoms with van der Waals surface area (Å²) in [5.74, 6) is 0.295. The molecular formula is C11H15F3N2. The molecule has 0 radical (unpaired) electrons. The molecule has 90 valence electrons. The minimum Gasteiger partial charge on any atom is -0.375 e. The second kappa shape index (κ2) is 4.49. The summed E-state index contributed by atoms with van der Waals surface area (Å²) in [6, 6.07) is -0.177. The molecule has 2 aliphatic rings. The van der Waals surface area contributed by atoms with Crippen molar-refractivity contribution in [2.45, 2.75) is 25.1 Å². The van der Waals surface area contributed by atoms with Gasteiger partial charge in [0.05, 0.1) is 0 Å². The van der Waals surface area contributed by atoms with E-state index in [0.29, 0.717) is 5.92 Å². The minimum atomic E-state index is -4.27. The fraction of sp³-hybridized carbons (Fsp3) is 0.636. The second-order valence-corrected chi connectivity index (χ2v) is 4.22. The molecule has 0 bridgehead atoms. The normalized spacial score (nSPS) is 27.4. The number of nitrogens with one attached hydrogen (secondary N) is 2. The molecule has 1 fully saturated rings. The van der Waals surface area contributed by atoms with Crippen LogP contribution >= 0.6 is 0 Å². The van der Waals surface area contributed by atoms with Crippen LogP contribution < -0.4 is 10.6 Å². The lowest BCUT2D eigenvalue weighted by Gasteiger charge is -2.32. The van der Waals surface area contributed by atoms with E-state index in [1.807, 2.05) is 6.08 Å². The van der Waals surface area contributed by atoms with E-state index in [1.54, 1.807) is 0 Å². The minimum absolute atomic E-state index is 0.177. The van der Waals surface area contributed by atoms with Gasteiger partial charge in [-0.3, -0.25) is 0 Å². The van der Waals surface area contributed by atoms with Gasteiger partial charge in [0, 0.05) is 6.04 Å². The van der Waals surface area contributed by atoms with Crippen LogP contribution in [-0.2, 0) is 0 Å². The Morgan fingerprint density at radius 3 is 2.50 bits per heavy atom. The average Bonchev–Trinajstić information content (AvgIpc) is 2.29. The summed E-state index contributed by atoms with van der Waals surface area (Å²) in [5.41, 5.74) is -0.626. The lowest BCUT2D eigenvalue weighted by atomic mass is 9.89. The number of hydrogen-bond acceptors (Lipinski definition) is 2. The maximum Gasteiger partial charge on any atom is 0.430 e. The Morgan fingerprint density at radius 2 is 1.88 bits per heavy atom. The molecule has 0 aromatic heterocycles. The monoisotopic (exact) mass is 232 g/mol. The smallest absolute Gasteiger partial charge is 0.375 e. The van der Waals surface area contributed by atoms with Crippen molar-refractivity contribution in [2.24, 2.45) is 5.92 Å². The average molecular weight is 232 g/mol. The molecule has 2 rings (SSSR count). The lowest BCUT2D eigenvalue weighted by molar-refractivity contribution is -0.0981. The van der Waals surface area contributed by atoms with Gasteiger partial charge in [-0.1, -0.05) is 12.2 Å². The molecule has 0 saturated carbocycles. The summed E-state index contributed by atoms with van der Waals surface area (Å²) in [6.45, 7) is 1.78. The summed E-state index contributed by atoms with van der Waals surface area (Å²) in [5, 5.41) is 5.79. The topological polar surface area (TPSA) is 24.1 Å². The highest BCUT2D eigenvalue weighted by atomic mass is 19.4. The van der Waals surface area contributed by atoms with Crippen molar-refractivity contribution in [3.8, 4) is 0 Å². The summed E-state index contributed by atoms with van der Waals surface area (Å²) < 4.78 is 37.5. The van der Waals surface area contributed by atoms with Crippen molar-refractivity contribution in [3.63, 3.8) is 0 Å². The first-order valence-corrected chi connectivity index (χ1v) is 5.50. The fourth-order valence-electron chi connectivity index (χ4n) is 2.20. The summed E-state index contributed by atoms with van der Waals surface area (Å²) in [4.78, 5) is 0. The quantitative estimate of drug-likeness (QED) is 0.722. The van der Waals surface area contributed by atoms with Crippen LogP contribution in [0.5, 0.6) is 0 Å². The molecule has 1 saturated heterocycles. The molecule has 0 aromatic carbocycles. The molecule has 0 spiro atoms. The van der Waals surface area contributed by atoms with E-state index < -0.39 is 11.9 Å². The van der Waals surface area contributed by atoms with Crippen molar-refractivity contribution in [1.82, 2.24) is 10.6 Å². The van der Waals surface area contributed by atoms with Crippen molar-refractivity contribution in [3.05, 3.63) is 23.9 Å². The maximum atomic E-state index is 12.5. The van der Waals surface area contributed by atoms with E-state index in [1.165, 1.54) is 6.08 Å². The van der Waals surface area contributed by atoms with E-state index in [-0.39, 0.29) is 6.04 Å². The van der Waals surface area contributed by atoms with E-state index in [4.69, 9.17) is 0 Å². The third-order valence-corrected chi connectivity index (χ3v) is 3.10. The summed E-state index contributed by atoms with van der Waals surface area (Å²) in [6.07, 6.45) is 2.01. The van der Waals surface area contributed by atoms with Gasteiger partial charge >= 0.3 is 6.18 Å². The molecule has 0 amide bonds. The zero-order chi connectivity index (χ0) is 11.6. The van der Waals surface area contributed by atoms with Crippen LogP contribution in [0.2, 0.25) is 0 Å². The van der Waals surface area contributed by atoms with Gasteiger partial charge in [-0.15, -0.1) is 0 Å². The first-order chi connectivity index (χ1) is 7.57. The SMILES string of the molecule is FC(F)(F)C1=CC=CC(C2CCNCC2)N1. The largest absolute Gasteiger partial charge is 0.430 e. The van der Waals surface area contributed by atoms with Gasteiger partial charge in [0.1, 0.15) is 5.70 Å². The maximum absolute atomic E-state index is 12.5. The number of hydrogen-bond donors (Lipinski definition) is 2. The third kappa shape index (κ3) is 2.58. The standard InChI is InChI=1S/C11H15F3N2/c12-11(13,14)10-3-1-2-9(16-10)8-4-6-15-7-5-8/h1-3,8-9,15-16H,4-7H2. The van der Waals surface area contributed by atoms with Gasteiger partial charge in [0.15, 0.2) is 0 Å². The Kier molecular flexibility index (Phi) is 3.23. The fourth-order valence-corrected chi connectivity index (χ4v) is 2.20. The van der Waals surface area contributed by atoms with Crippen LogP contribution in [0.15, 0.2) is 23.9 Å². The second-order valence-electron chi connectivity index (χ2n) is 4.22. The molecule has 2 heterocycles. The third-order valence-electron chi connectivity index (χ3n) is 3.10. The molecule has 0 aromatic rings. The molecule has 2 N–H and O–H groups in total. The van der Waals surface area contributed by atoms with Gasteiger partial charge in [0.25, 0.3) is 0 Å². The molecule has 1 atom stereocenters. The zero-order valence-electron chi connectivity index (χ0n) is 8.85. The van der Waals surface area contributed by atoms with Crippen molar-refractivity contribution in [2.75, 3.05) is 13.1 Å². The number of dihydropyridines is 1. The number of piperidine rings is 1. The van der Waals surface area contributed by atoms with Crippen molar-refractivity contribution >= 4 is 0 Å². The van der Waals surface area contributed by atoms with E-state index >= 15 is 0 Å². The molecular weight excluding hydrogens is 217 g/mol. The first kappa shape index (κ1) is 11.5. The Balaban J connectivity index is 2.00. The first-order valence-electron chi connectivity index (χ1n) is 5.50.